The van der Waals surface area contributed by atoms with Crippen LogP contribution in [0, 0.1) is 0 Å². The lowest BCUT2D eigenvalue weighted by molar-refractivity contribution is -0.128. The van der Waals surface area contributed by atoms with Gasteiger partial charge < -0.3 is 4.74 Å². The number of nitrogens with one attached hydrogen (secondary N) is 1. The van der Waals surface area contributed by atoms with Crippen LogP contribution in [-0.4, -0.2) is 35.0 Å². The van der Waals surface area contributed by atoms with E-state index in [4.69, 9.17) is 17.0 Å². The summed E-state index contributed by atoms with van der Waals surface area (Å²) in [4.78, 5) is 25.4. The fraction of sp³-hybridized carbons (Fsp3) is 0.312. The zero-order valence-corrected chi connectivity index (χ0v) is 13.6. The van der Waals surface area contributed by atoms with Crippen LogP contribution in [0.2, 0.25) is 0 Å². The van der Waals surface area contributed by atoms with Gasteiger partial charge in [0.25, 0.3) is 11.8 Å². The van der Waals surface area contributed by atoms with E-state index in [9.17, 15) is 9.59 Å². The van der Waals surface area contributed by atoms with Gasteiger partial charge in [-0.3, -0.25) is 19.8 Å². The molecule has 0 unspecified atom stereocenters. The van der Waals surface area contributed by atoms with Gasteiger partial charge in [-0.2, -0.15) is 0 Å². The van der Waals surface area contributed by atoms with Crippen LogP contribution < -0.4 is 10.1 Å². The van der Waals surface area contributed by atoms with Gasteiger partial charge in [0.15, 0.2) is 5.11 Å². The summed E-state index contributed by atoms with van der Waals surface area (Å²) in [5.41, 5.74) is 0.721. The van der Waals surface area contributed by atoms with Gasteiger partial charge in [0.05, 0.1) is 6.10 Å². The number of hydrogen-bond acceptors (Lipinski definition) is 4. The van der Waals surface area contributed by atoms with E-state index >= 15 is 0 Å². The number of carbonyl (C=O) groups excluding carboxylic acids is 2. The van der Waals surface area contributed by atoms with Crippen molar-refractivity contribution in [3.05, 3.63) is 35.4 Å². The molecule has 6 heteroatoms. The third kappa shape index (κ3) is 3.33. The highest BCUT2D eigenvalue weighted by molar-refractivity contribution is 7.80. The van der Waals surface area contributed by atoms with E-state index in [-0.39, 0.29) is 16.8 Å². The molecule has 1 saturated heterocycles. The topological polar surface area (TPSA) is 58.6 Å². The predicted octanol–water partition coefficient (Wildman–Crippen LogP) is 2.12. The molecular formula is C16H18N2O3S. The molecule has 0 saturated carbocycles. The first-order valence-corrected chi connectivity index (χ1v) is 7.45. The van der Waals surface area contributed by atoms with E-state index in [2.05, 4.69) is 5.32 Å². The number of likely N-dealkylation sites (N-methyl/N-ethyl adjacent to an activating group) is 1. The number of rotatable bonds is 4. The molecule has 1 N–H and O–H groups in total. The van der Waals surface area contributed by atoms with Crippen molar-refractivity contribution in [1.29, 1.82) is 0 Å². The van der Waals surface area contributed by atoms with Gasteiger partial charge in [-0.15, -0.1) is 0 Å². The van der Waals surface area contributed by atoms with Crippen LogP contribution in [0.15, 0.2) is 29.8 Å². The average molecular weight is 318 g/mol. The Labute approximate surface area is 134 Å². The minimum Gasteiger partial charge on any atom is -0.490 e. The zero-order chi connectivity index (χ0) is 16.3. The van der Waals surface area contributed by atoms with Crippen molar-refractivity contribution in [2.75, 3.05) is 7.05 Å². The molecule has 116 valence electrons. The van der Waals surface area contributed by atoms with Crippen LogP contribution in [0.4, 0.5) is 0 Å². The van der Waals surface area contributed by atoms with E-state index in [1.165, 1.54) is 18.0 Å². The first-order valence-electron chi connectivity index (χ1n) is 7.04. The molecule has 22 heavy (non-hydrogen) atoms. The molecule has 2 rings (SSSR count). The average Bonchev–Trinajstić information content (AvgIpc) is 2.50. The predicted molar refractivity (Wildman–Crippen MR) is 88.3 cm³/mol. The Morgan fingerprint density at radius 1 is 1.36 bits per heavy atom. The maximum atomic E-state index is 12.2. The molecule has 1 aromatic rings. The van der Waals surface area contributed by atoms with Gasteiger partial charge in [-0.1, -0.05) is 25.1 Å². The smallest absolute Gasteiger partial charge is 0.265 e. The summed E-state index contributed by atoms with van der Waals surface area (Å²) in [6, 6.07) is 7.30. The lowest BCUT2D eigenvalue weighted by Gasteiger charge is -2.25. The molecule has 1 aromatic carbocycles. The summed E-state index contributed by atoms with van der Waals surface area (Å²) < 4.78 is 5.83. The van der Waals surface area contributed by atoms with Crippen molar-refractivity contribution in [1.82, 2.24) is 10.2 Å². The molecule has 0 radical (unpaired) electrons. The van der Waals surface area contributed by atoms with Crippen molar-refractivity contribution < 1.29 is 14.3 Å². The number of carbonyl (C=O) groups is 2. The minimum atomic E-state index is -0.494. The van der Waals surface area contributed by atoms with E-state index in [0.29, 0.717) is 11.3 Å². The maximum absolute atomic E-state index is 12.2. The third-order valence-corrected chi connectivity index (χ3v) is 3.80. The summed E-state index contributed by atoms with van der Waals surface area (Å²) >= 11 is 4.92. The summed E-state index contributed by atoms with van der Waals surface area (Å²) in [6.07, 6.45) is 2.44. The van der Waals surface area contributed by atoms with Gasteiger partial charge in [0.2, 0.25) is 0 Å². The molecule has 0 aromatic heterocycles. The summed E-state index contributed by atoms with van der Waals surface area (Å²) in [6.45, 7) is 3.99. The van der Waals surface area contributed by atoms with E-state index in [0.717, 1.165) is 6.42 Å². The standard InChI is InChI=1S/C16H18N2O3S/c1-4-10(2)21-13-8-6-5-7-11(13)9-12-14(19)17-16(22)18(3)15(12)20/h5-10H,4H2,1-3H3,(H,17,19,22)/b12-9+/t10-/m0/s1. The van der Waals surface area contributed by atoms with Gasteiger partial charge in [-0.05, 0) is 37.7 Å². The number of benzene rings is 1. The lowest BCUT2D eigenvalue weighted by atomic mass is 10.1. The van der Waals surface area contributed by atoms with Crippen LogP contribution >= 0.6 is 12.2 Å². The molecule has 0 aliphatic carbocycles. The summed E-state index contributed by atoms with van der Waals surface area (Å²) in [5.74, 6) is -0.278. The Hall–Kier alpha value is -2.21. The van der Waals surface area contributed by atoms with Crippen LogP contribution in [-0.2, 0) is 9.59 Å². The fourth-order valence-electron chi connectivity index (χ4n) is 1.91. The van der Waals surface area contributed by atoms with Crippen molar-refractivity contribution >= 4 is 35.2 Å². The van der Waals surface area contributed by atoms with Crippen molar-refractivity contribution in [3.63, 3.8) is 0 Å². The van der Waals surface area contributed by atoms with Crippen LogP contribution in [0.3, 0.4) is 0 Å². The van der Waals surface area contributed by atoms with Crippen molar-refractivity contribution in [2.45, 2.75) is 26.4 Å². The number of hydrogen-bond donors (Lipinski definition) is 1. The highest BCUT2D eigenvalue weighted by Crippen LogP contribution is 2.24. The minimum absolute atomic E-state index is 0.0382. The Bertz CT molecular complexity index is 655. The maximum Gasteiger partial charge on any atom is 0.265 e. The molecular weight excluding hydrogens is 300 g/mol. The van der Waals surface area contributed by atoms with Crippen LogP contribution in [0.1, 0.15) is 25.8 Å². The highest BCUT2D eigenvalue weighted by atomic mass is 32.1. The van der Waals surface area contributed by atoms with E-state index in [1.54, 1.807) is 6.07 Å². The molecule has 1 aliphatic heterocycles. The quantitative estimate of drug-likeness (QED) is 0.525. The first-order chi connectivity index (χ1) is 10.4. The van der Waals surface area contributed by atoms with E-state index < -0.39 is 11.8 Å². The van der Waals surface area contributed by atoms with Gasteiger partial charge >= 0.3 is 0 Å². The van der Waals surface area contributed by atoms with Crippen LogP contribution in [0.5, 0.6) is 5.75 Å². The van der Waals surface area contributed by atoms with Gasteiger partial charge in [0.1, 0.15) is 11.3 Å². The molecule has 1 aliphatic rings. The summed E-state index contributed by atoms with van der Waals surface area (Å²) in [5, 5.41) is 2.60. The number of para-hydroxylation sites is 1. The molecule has 2 amide bonds. The second-order valence-corrected chi connectivity index (χ2v) is 5.44. The molecule has 5 nitrogen and oxygen atoms in total. The van der Waals surface area contributed by atoms with Crippen LogP contribution in [0.25, 0.3) is 6.08 Å². The normalized spacial score (nSPS) is 18.4. The molecule has 0 bridgehead atoms. The number of thiocarbonyl (C=S) groups is 1. The molecule has 0 spiro atoms. The lowest BCUT2D eigenvalue weighted by Crippen LogP contribution is -2.52. The second kappa shape index (κ2) is 6.70. The Morgan fingerprint density at radius 2 is 2.05 bits per heavy atom. The SMILES string of the molecule is CC[C@H](C)Oc1ccccc1/C=C1\C(=O)NC(=S)N(C)C1=O. The van der Waals surface area contributed by atoms with Gasteiger partial charge in [0, 0.05) is 12.6 Å². The Morgan fingerprint density at radius 3 is 2.73 bits per heavy atom. The zero-order valence-electron chi connectivity index (χ0n) is 12.8. The van der Waals surface area contributed by atoms with Crippen molar-refractivity contribution in [3.8, 4) is 5.75 Å². The second-order valence-electron chi connectivity index (χ2n) is 5.06. The number of ether oxygens (including phenoxy) is 1. The number of nitrogens with zero attached hydrogens (tertiary/aromatic N) is 1. The highest BCUT2D eigenvalue weighted by Gasteiger charge is 2.30. The summed E-state index contributed by atoms with van der Waals surface area (Å²) in [7, 11) is 1.53. The first kappa shape index (κ1) is 16.2. The monoisotopic (exact) mass is 318 g/mol. The molecule has 1 heterocycles. The molecule has 1 atom stereocenters. The third-order valence-electron chi connectivity index (χ3n) is 3.43. The molecule has 1 fully saturated rings. The fourth-order valence-corrected chi connectivity index (χ4v) is 2.08. The van der Waals surface area contributed by atoms with Gasteiger partial charge in [-0.25, -0.2) is 0 Å². The number of amides is 2. The van der Waals surface area contributed by atoms with E-state index in [1.807, 2.05) is 32.0 Å². The largest absolute Gasteiger partial charge is 0.490 e. The Kier molecular flexibility index (Phi) is 4.92. The Balaban J connectivity index is 2.38. The van der Waals surface area contributed by atoms with Crippen molar-refractivity contribution in [2.24, 2.45) is 0 Å².